The highest BCUT2D eigenvalue weighted by atomic mass is 16.6. The minimum atomic E-state index is -0.480. The molecule has 2 aromatic rings. The van der Waals surface area contributed by atoms with Crippen LogP contribution in [0.25, 0.3) is 0 Å². The molecule has 0 radical (unpaired) electrons. The third-order valence-corrected chi connectivity index (χ3v) is 4.19. The van der Waals surface area contributed by atoms with Crippen LogP contribution >= 0.6 is 0 Å². The Morgan fingerprint density at radius 3 is 3.00 bits per heavy atom. The molecule has 0 aliphatic carbocycles. The molecule has 7 nitrogen and oxygen atoms in total. The fourth-order valence-corrected chi connectivity index (χ4v) is 3.10. The van der Waals surface area contributed by atoms with Crippen molar-refractivity contribution in [2.75, 3.05) is 13.7 Å². The van der Waals surface area contributed by atoms with E-state index in [2.05, 4.69) is 4.90 Å². The molecule has 1 aliphatic heterocycles. The fraction of sp³-hybridized carbons (Fsp3) is 0.375. The number of hydrogen-bond donors (Lipinski definition) is 1. The lowest BCUT2D eigenvalue weighted by molar-refractivity contribution is -0.385. The maximum absolute atomic E-state index is 11.3. The van der Waals surface area contributed by atoms with Gasteiger partial charge in [-0.3, -0.25) is 15.0 Å². The molecular weight excluding hydrogens is 300 g/mol. The molecule has 1 aromatic carbocycles. The van der Waals surface area contributed by atoms with Gasteiger partial charge in [-0.1, -0.05) is 0 Å². The number of nitro benzene ring substituents is 1. The third-order valence-electron chi connectivity index (χ3n) is 4.19. The van der Waals surface area contributed by atoms with Crippen LogP contribution in [0.3, 0.4) is 0 Å². The summed E-state index contributed by atoms with van der Waals surface area (Å²) in [6, 6.07) is 6.56. The molecule has 122 valence electrons. The summed E-state index contributed by atoms with van der Waals surface area (Å²) in [4.78, 5) is 12.9. The maximum atomic E-state index is 11.3. The van der Waals surface area contributed by atoms with Crippen molar-refractivity contribution in [3.8, 4) is 11.5 Å². The number of nitrogens with zero attached hydrogens (tertiary/aromatic N) is 2. The molecule has 1 fully saturated rings. The highest BCUT2D eigenvalue weighted by Crippen LogP contribution is 2.38. The van der Waals surface area contributed by atoms with Gasteiger partial charge in [0.25, 0.3) is 5.69 Å². The Kier molecular flexibility index (Phi) is 4.20. The fourth-order valence-electron chi connectivity index (χ4n) is 3.10. The second kappa shape index (κ2) is 6.29. The van der Waals surface area contributed by atoms with Crippen molar-refractivity contribution in [1.82, 2.24) is 4.90 Å². The van der Waals surface area contributed by atoms with Crippen LogP contribution in [0.15, 0.2) is 34.9 Å². The summed E-state index contributed by atoms with van der Waals surface area (Å²) in [6.07, 6.45) is 3.60. The molecule has 23 heavy (non-hydrogen) atoms. The van der Waals surface area contributed by atoms with Crippen molar-refractivity contribution in [1.29, 1.82) is 0 Å². The average molecular weight is 318 g/mol. The predicted molar refractivity (Wildman–Crippen MR) is 82.4 cm³/mol. The normalized spacial score (nSPS) is 18.2. The molecule has 7 heteroatoms. The average Bonchev–Trinajstić information content (AvgIpc) is 3.19. The number of ether oxygens (including phenoxy) is 1. The van der Waals surface area contributed by atoms with Crippen molar-refractivity contribution in [3.63, 3.8) is 0 Å². The molecule has 3 rings (SSSR count). The monoisotopic (exact) mass is 318 g/mol. The maximum Gasteiger partial charge on any atom is 0.277 e. The minimum absolute atomic E-state index is 0.103. The standard InChI is InChI=1S/C16H18N2O5/c1-22-16-8-11(13(18(20)21)9-14(16)19)10-17-6-2-4-12(17)15-5-3-7-23-15/h3,5,7-9,12,19H,2,4,6,10H2,1H3. The van der Waals surface area contributed by atoms with Gasteiger partial charge in [-0.2, -0.15) is 0 Å². The zero-order chi connectivity index (χ0) is 16.4. The van der Waals surface area contributed by atoms with Gasteiger partial charge in [0.05, 0.1) is 30.4 Å². The number of aromatic hydroxyl groups is 1. The van der Waals surface area contributed by atoms with Gasteiger partial charge in [0.2, 0.25) is 0 Å². The molecule has 0 spiro atoms. The number of hydrogen-bond acceptors (Lipinski definition) is 6. The van der Waals surface area contributed by atoms with Gasteiger partial charge in [0.15, 0.2) is 11.5 Å². The number of nitro groups is 1. The topological polar surface area (TPSA) is 89.0 Å². The number of methoxy groups -OCH3 is 1. The van der Waals surface area contributed by atoms with Crippen LogP contribution in [0.5, 0.6) is 11.5 Å². The summed E-state index contributed by atoms with van der Waals surface area (Å²) in [6.45, 7) is 1.24. The van der Waals surface area contributed by atoms with Crippen LogP contribution < -0.4 is 4.74 Å². The lowest BCUT2D eigenvalue weighted by Crippen LogP contribution is -2.23. The van der Waals surface area contributed by atoms with E-state index in [1.807, 2.05) is 12.1 Å². The van der Waals surface area contributed by atoms with E-state index in [1.54, 1.807) is 6.26 Å². The van der Waals surface area contributed by atoms with Crippen LogP contribution in [0, 0.1) is 10.1 Å². The summed E-state index contributed by atoms with van der Waals surface area (Å²) in [5, 5.41) is 21.0. The molecule has 1 saturated heterocycles. The summed E-state index contributed by atoms with van der Waals surface area (Å²) >= 11 is 0. The van der Waals surface area contributed by atoms with Gasteiger partial charge < -0.3 is 14.3 Å². The Labute approximate surface area is 133 Å². The van der Waals surface area contributed by atoms with E-state index >= 15 is 0 Å². The van der Waals surface area contributed by atoms with Crippen molar-refractivity contribution >= 4 is 5.69 Å². The van der Waals surface area contributed by atoms with Gasteiger partial charge in [0, 0.05) is 12.1 Å². The Morgan fingerprint density at radius 1 is 1.52 bits per heavy atom. The quantitative estimate of drug-likeness (QED) is 0.672. The largest absolute Gasteiger partial charge is 0.504 e. The third kappa shape index (κ3) is 3.00. The zero-order valence-electron chi connectivity index (χ0n) is 12.8. The van der Waals surface area contributed by atoms with Crippen molar-refractivity contribution in [3.05, 3.63) is 52.0 Å². The summed E-state index contributed by atoms with van der Waals surface area (Å²) in [7, 11) is 1.42. The van der Waals surface area contributed by atoms with Crippen LogP contribution in [0.1, 0.15) is 30.2 Å². The summed E-state index contributed by atoms with van der Waals surface area (Å²) in [5.74, 6) is 0.877. The van der Waals surface area contributed by atoms with Crippen LogP contribution in [-0.2, 0) is 6.54 Å². The van der Waals surface area contributed by atoms with Gasteiger partial charge in [-0.05, 0) is 37.6 Å². The Morgan fingerprint density at radius 2 is 2.35 bits per heavy atom. The highest BCUT2D eigenvalue weighted by molar-refractivity contribution is 5.53. The van der Waals surface area contributed by atoms with Gasteiger partial charge >= 0.3 is 0 Å². The Bertz CT molecular complexity index is 699. The first-order valence-corrected chi connectivity index (χ1v) is 7.42. The lowest BCUT2D eigenvalue weighted by atomic mass is 10.1. The number of phenolic OH excluding ortho intramolecular Hbond substituents is 1. The van der Waals surface area contributed by atoms with E-state index in [9.17, 15) is 15.2 Å². The molecule has 1 aliphatic rings. The number of furan rings is 1. The second-order valence-corrected chi connectivity index (χ2v) is 5.55. The number of phenols is 1. The first-order valence-electron chi connectivity index (χ1n) is 7.42. The number of likely N-dealkylation sites (tertiary alicyclic amines) is 1. The molecule has 0 saturated carbocycles. The predicted octanol–water partition coefficient (Wildman–Crippen LogP) is 3.24. The molecule has 1 N–H and O–H groups in total. The lowest BCUT2D eigenvalue weighted by Gasteiger charge is -2.23. The minimum Gasteiger partial charge on any atom is -0.504 e. The van der Waals surface area contributed by atoms with E-state index in [1.165, 1.54) is 13.2 Å². The second-order valence-electron chi connectivity index (χ2n) is 5.55. The van der Waals surface area contributed by atoms with E-state index in [4.69, 9.17) is 9.15 Å². The molecule has 1 unspecified atom stereocenters. The van der Waals surface area contributed by atoms with Crippen molar-refractivity contribution in [2.24, 2.45) is 0 Å². The van der Waals surface area contributed by atoms with Crippen molar-refractivity contribution < 1.29 is 19.2 Å². The molecule has 0 bridgehead atoms. The van der Waals surface area contributed by atoms with Crippen LogP contribution in [0.4, 0.5) is 5.69 Å². The zero-order valence-corrected chi connectivity index (χ0v) is 12.8. The van der Waals surface area contributed by atoms with Crippen molar-refractivity contribution in [2.45, 2.75) is 25.4 Å². The van der Waals surface area contributed by atoms with Crippen LogP contribution in [-0.4, -0.2) is 28.6 Å². The molecular formula is C16H18N2O5. The van der Waals surface area contributed by atoms with E-state index in [-0.39, 0.29) is 23.2 Å². The first-order chi connectivity index (χ1) is 11.1. The Hall–Kier alpha value is -2.54. The van der Waals surface area contributed by atoms with Gasteiger partial charge in [-0.25, -0.2) is 0 Å². The van der Waals surface area contributed by atoms with Gasteiger partial charge in [-0.15, -0.1) is 0 Å². The SMILES string of the molecule is COc1cc(CN2CCCC2c2ccco2)c([N+](=O)[O-])cc1O. The molecule has 1 aromatic heterocycles. The van der Waals surface area contributed by atoms with E-state index in [0.29, 0.717) is 12.1 Å². The summed E-state index contributed by atoms with van der Waals surface area (Å²) < 4.78 is 10.6. The smallest absolute Gasteiger partial charge is 0.277 e. The Balaban J connectivity index is 1.90. The number of benzene rings is 1. The first kappa shape index (κ1) is 15.4. The highest BCUT2D eigenvalue weighted by Gasteiger charge is 2.30. The van der Waals surface area contributed by atoms with E-state index in [0.717, 1.165) is 31.2 Å². The molecule has 0 amide bonds. The van der Waals surface area contributed by atoms with Crippen LogP contribution in [0.2, 0.25) is 0 Å². The van der Waals surface area contributed by atoms with E-state index < -0.39 is 4.92 Å². The van der Waals surface area contributed by atoms with Gasteiger partial charge in [0.1, 0.15) is 5.76 Å². The summed E-state index contributed by atoms with van der Waals surface area (Å²) in [5.41, 5.74) is 0.413. The number of rotatable bonds is 5. The molecule has 2 heterocycles. The molecule has 1 atom stereocenters.